The largest absolute Gasteiger partial charge is 0.484 e. The second kappa shape index (κ2) is 10.2. The highest BCUT2D eigenvalue weighted by atomic mass is 35.5. The maximum Gasteiger partial charge on any atom is 0.335 e. The molecular weight excluding hydrogens is 477 g/mol. The number of barbiturate groups is 1. The zero-order chi connectivity index (χ0) is 24.9. The number of carbonyl (C=O) groups is 4. The molecule has 1 saturated heterocycles. The summed E-state index contributed by atoms with van der Waals surface area (Å²) in [5.41, 5.74) is 0.790. The minimum absolute atomic E-state index is 0.107. The van der Waals surface area contributed by atoms with E-state index in [0.717, 1.165) is 17.0 Å². The Morgan fingerprint density at radius 3 is 2.46 bits per heavy atom. The molecule has 0 saturated carbocycles. The smallest absolute Gasteiger partial charge is 0.335 e. The van der Waals surface area contributed by atoms with E-state index in [2.05, 4.69) is 10.6 Å². The minimum Gasteiger partial charge on any atom is -0.484 e. The molecule has 1 aliphatic rings. The average Bonchev–Trinajstić information content (AvgIpc) is 2.83. The van der Waals surface area contributed by atoms with Gasteiger partial charge in [-0.15, -0.1) is 0 Å². The van der Waals surface area contributed by atoms with E-state index in [1.54, 1.807) is 42.5 Å². The van der Waals surface area contributed by atoms with Crippen molar-refractivity contribution in [3.63, 3.8) is 0 Å². The molecule has 2 N–H and O–H groups in total. The van der Waals surface area contributed by atoms with Gasteiger partial charge in [0.05, 0.1) is 5.69 Å². The van der Waals surface area contributed by atoms with Gasteiger partial charge in [0, 0.05) is 10.7 Å². The van der Waals surface area contributed by atoms with Gasteiger partial charge in [-0.2, -0.15) is 0 Å². The quantitative estimate of drug-likeness (QED) is 0.396. The Morgan fingerprint density at radius 2 is 1.74 bits per heavy atom. The average molecular weight is 494 g/mol. The van der Waals surface area contributed by atoms with Gasteiger partial charge in [-0.25, -0.2) is 14.1 Å². The van der Waals surface area contributed by atoms with Crippen molar-refractivity contribution in [2.45, 2.75) is 0 Å². The third-order valence-electron chi connectivity index (χ3n) is 4.85. The summed E-state index contributed by atoms with van der Waals surface area (Å²) in [4.78, 5) is 50.4. The molecule has 5 amide bonds. The predicted molar refractivity (Wildman–Crippen MR) is 127 cm³/mol. The summed E-state index contributed by atoms with van der Waals surface area (Å²) in [5, 5.41) is 5.31. The van der Waals surface area contributed by atoms with E-state index in [-0.39, 0.29) is 17.9 Å². The first-order valence-electron chi connectivity index (χ1n) is 10.3. The summed E-state index contributed by atoms with van der Waals surface area (Å²) in [5.74, 6) is -2.35. The van der Waals surface area contributed by atoms with Crippen molar-refractivity contribution in [1.82, 2.24) is 5.32 Å². The van der Waals surface area contributed by atoms with Crippen molar-refractivity contribution in [1.29, 1.82) is 0 Å². The second-order valence-electron chi connectivity index (χ2n) is 7.35. The fourth-order valence-electron chi connectivity index (χ4n) is 3.22. The number of imide groups is 2. The molecule has 1 heterocycles. The Kier molecular flexibility index (Phi) is 6.88. The number of amides is 5. The predicted octanol–water partition coefficient (Wildman–Crippen LogP) is 4.16. The Morgan fingerprint density at radius 1 is 1.03 bits per heavy atom. The number of hydrogen-bond acceptors (Lipinski definition) is 5. The van der Waals surface area contributed by atoms with Gasteiger partial charge in [0.25, 0.3) is 17.7 Å². The van der Waals surface area contributed by atoms with Crippen LogP contribution < -0.4 is 20.3 Å². The molecule has 0 atom stereocenters. The second-order valence-corrected chi connectivity index (χ2v) is 7.79. The Bertz CT molecular complexity index is 1340. The SMILES string of the molecule is O=C(COc1cccc(/C=C2/C(=O)NC(=O)N(c3ccc(F)cc3)C2=O)c1)Nc1ccc(Cl)cc1. The van der Waals surface area contributed by atoms with E-state index < -0.39 is 29.6 Å². The number of ether oxygens (including phenoxy) is 1. The number of nitrogens with one attached hydrogen (secondary N) is 2. The lowest BCUT2D eigenvalue weighted by atomic mass is 10.1. The van der Waals surface area contributed by atoms with Crippen LogP contribution in [0.3, 0.4) is 0 Å². The molecule has 3 aromatic rings. The number of rotatable bonds is 6. The molecule has 0 aliphatic carbocycles. The van der Waals surface area contributed by atoms with Crippen molar-refractivity contribution in [2.24, 2.45) is 0 Å². The standard InChI is InChI=1S/C25H17ClFN3O5/c26-16-4-8-18(9-5-16)28-22(31)14-35-20-3-1-2-15(12-20)13-21-23(32)29-25(34)30(24(21)33)19-10-6-17(27)7-11-19/h1-13H,14H2,(H,28,31)(H,29,32,34)/b21-13-. The molecule has 4 rings (SSSR count). The van der Waals surface area contributed by atoms with Gasteiger partial charge in [0.1, 0.15) is 17.1 Å². The van der Waals surface area contributed by atoms with E-state index in [0.29, 0.717) is 22.0 Å². The number of halogens is 2. The number of anilines is 2. The van der Waals surface area contributed by atoms with Gasteiger partial charge in [0.15, 0.2) is 6.61 Å². The van der Waals surface area contributed by atoms with Gasteiger partial charge in [-0.1, -0.05) is 23.7 Å². The Balaban J connectivity index is 1.47. The van der Waals surface area contributed by atoms with Crippen LogP contribution in [0.2, 0.25) is 5.02 Å². The van der Waals surface area contributed by atoms with E-state index in [1.807, 2.05) is 0 Å². The molecule has 0 bridgehead atoms. The first kappa shape index (κ1) is 23.7. The van der Waals surface area contributed by atoms with Crippen molar-refractivity contribution in [2.75, 3.05) is 16.8 Å². The monoisotopic (exact) mass is 493 g/mol. The maximum atomic E-state index is 13.2. The molecule has 10 heteroatoms. The van der Waals surface area contributed by atoms with Gasteiger partial charge in [-0.05, 0) is 72.3 Å². The zero-order valence-corrected chi connectivity index (χ0v) is 18.7. The maximum absolute atomic E-state index is 13.2. The highest BCUT2D eigenvalue weighted by Gasteiger charge is 2.36. The molecule has 1 aliphatic heterocycles. The molecule has 176 valence electrons. The van der Waals surface area contributed by atoms with Crippen molar-refractivity contribution in [3.05, 3.63) is 94.8 Å². The highest BCUT2D eigenvalue weighted by Crippen LogP contribution is 2.23. The molecule has 0 unspecified atom stereocenters. The third kappa shape index (κ3) is 5.71. The summed E-state index contributed by atoms with van der Waals surface area (Å²) >= 11 is 5.82. The molecule has 1 fully saturated rings. The van der Waals surface area contributed by atoms with Gasteiger partial charge < -0.3 is 10.1 Å². The van der Waals surface area contributed by atoms with Crippen LogP contribution in [0.5, 0.6) is 5.75 Å². The Hall–Kier alpha value is -4.50. The molecule has 3 aromatic carbocycles. The molecular formula is C25H17ClFN3O5. The lowest BCUT2D eigenvalue weighted by Crippen LogP contribution is -2.54. The van der Waals surface area contributed by atoms with Crippen LogP contribution in [0.25, 0.3) is 6.08 Å². The van der Waals surface area contributed by atoms with Crippen LogP contribution >= 0.6 is 11.6 Å². The lowest BCUT2D eigenvalue weighted by molar-refractivity contribution is -0.122. The fraction of sp³-hybridized carbons (Fsp3) is 0.0400. The normalized spacial score (nSPS) is 14.6. The van der Waals surface area contributed by atoms with Gasteiger partial charge >= 0.3 is 6.03 Å². The van der Waals surface area contributed by atoms with Crippen molar-refractivity contribution >= 4 is 52.8 Å². The number of benzene rings is 3. The Labute approximate surface area is 203 Å². The molecule has 0 aromatic heterocycles. The first-order chi connectivity index (χ1) is 16.8. The summed E-state index contributed by atoms with van der Waals surface area (Å²) in [6.07, 6.45) is 1.29. The van der Waals surface area contributed by atoms with Crippen LogP contribution in [-0.2, 0) is 14.4 Å². The van der Waals surface area contributed by atoms with E-state index in [9.17, 15) is 23.6 Å². The van der Waals surface area contributed by atoms with E-state index in [1.165, 1.54) is 24.3 Å². The summed E-state index contributed by atoms with van der Waals surface area (Å²) in [6.45, 7) is -0.283. The van der Waals surface area contributed by atoms with E-state index >= 15 is 0 Å². The van der Waals surface area contributed by atoms with Gasteiger partial charge in [-0.3, -0.25) is 19.7 Å². The summed E-state index contributed by atoms with van der Waals surface area (Å²) in [7, 11) is 0. The summed E-state index contributed by atoms with van der Waals surface area (Å²) in [6, 6.07) is 16.7. The fourth-order valence-corrected chi connectivity index (χ4v) is 3.35. The highest BCUT2D eigenvalue weighted by molar-refractivity contribution is 6.39. The molecule has 35 heavy (non-hydrogen) atoms. The topological polar surface area (TPSA) is 105 Å². The van der Waals surface area contributed by atoms with E-state index in [4.69, 9.17) is 16.3 Å². The number of hydrogen-bond donors (Lipinski definition) is 2. The first-order valence-corrected chi connectivity index (χ1v) is 10.6. The molecule has 0 spiro atoms. The van der Waals surface area contributed by atoms with Crippen molar-refractivity contribution in [3.8, 4) is 5.75 Å². The number of nitrogens with zero attached hydrogens (tertiary/aromatic N) is 1. The zero-order valence-electron chi connectivity index (χ0n) is 18.0. The van der Waals surface area contributed by atoms with Crippen LogP contribution in [0, 0.1) is 5.82 Å². The molecule has 8 nitrogen and oxygen atoms in total. The molecule has 0 radical (unpaired) electrons. The summed E-state index contributed by atoms with van der Waals surface area (Å²) < 4.78 is 18.8. The number of urea groups is 1. The minimum atomic E-state index is -0.937. The van der Waals surface area contributed by atoms with Crippen molar-refractivity contribution < 1.29 is 28.3 Å². The van der Waals surface area contributed by atoms with Gasteiger partial charge in [0.2, 0.25) is 0 Å². The van der Waals surface area contributed by atoms with Crippen LogP contribution in [0.1, 0.15) is 5.56 Å². The van der Waals surface area contributed by atoms with Crippen LogP contribution in [0.15, 0.2) is 78.4 Å². The third-order valence-corrected chi connectivity index (χ3v) is 5.11. The number of carbonyl (C=O) groups excluding carboxylic acids is 4. The van der Waals surface area contributed by atoms with Crippen LogP contribution in [0.4, 0.5) is 20.6 Å². The lowest BCUT2D eigenvalue weighted by Gasteiger charge is -2.26. The van der Waals surface area contributed by atoms with Crippen LogP contribution in [-0.4, -0.2) is 30.4 Å².